The van der Waals surface area contributed by atoms with Crippen molar-refractivity contribution in [2.24, 2.45) is 0 Å². The van der Waals surface area contributed by atoms with Gasteiger partial charge in [0.15, 0.2) is 0 Å². The number of morpholine rings is 1. The van der Waals surface area contributed by atoms with Crippen molar-refractivity contribution in [1.29, 1.82) is 0 Å². The molecule has 1 saturated heterocycles. The summed E-state index contributed by atoms with van der Waals surface area (Å²) in [5.74, 6) is -0.173. The Balaban J connectivity index is 1.82. The summed E-state index contributed by atoms with van der Waals surface area (Å²) in [4.78, 5) is 22.4. The summed E-state index contributed by atoms with van der Waals surface area (Å²) in [6, 6.07) is 0.0775. The Morgan fingerprint density at radius 1 is 1.42 bits per heavy atom. The van der Waals surface area contributed by atoms with E-state index in [1.807, 2.05) is 13.8 Å². The van der Waals surface area contributed by atoms with Crippen molar-refractivity contribution in [1.82, 2.24) is 20.2 Å². The number of ether oxygens (including phenoxy) is 1. The Bertz CT molecular complexity index is 415. The van der Waals surface area contributed by atoms with E-state index in [1.165, 1.54) is 6.20 Å². The van der Waals surface area contributed by atoms with E-state index in [-0.39, 0.29) is 11.9 Å². The fourth-order valence-electron chi connectivity index (χ4n) is 2.02. The first kappa shape index (κ1) is 13.9. The quantitative estimate of drug-likeness (QED) is 0.843. The number of carbonyl (C=O) groups is 1. The van der Waals surface area contributed by atoms with E-state index in [2.05, 4.69) is 20.2 Å². The molecular weight excluding hydrogens is 244 g/mol. The Morgan fingerprint density at radius 3 is 2.79 bits per heavy atom. The van der Waals surface area contributed by atoms with Gasteiger partial charge in [-0.3, -0.25) is 14.7 Å². The molecule has 1 N–H and O–H groups in total. The maximum absolute atomic E-state index is 12.0. The molecule has 1 atom stereocenters. The second-order valence-corrected chi connectivity index (χ2v) is 4.83. The van der Waals surface area contributed by atoms with E-state index in [9.17, 15) is 4.79 Å². The van der Waals surface area contributed by atoms with Gasteiger partial charge in [0.05, 0.1) is 25.1 Å². The zero-order valence-corrected chi connectivity index (χ0v) is 11.4. The normalized spacial score (nSPS) is 18.0. The van der Waals surface area contributed by atoms with Gasteiger partial charge in [-0.25, -0.2) is 4.98 Å². The monoisotopic (exact) mass is 264 g/mol. The second kappa shape index (κ2) is 6.58. The maximum atomic E-state index is 12.0. The highest BCUT2D eigenvalue weighted by molar-refractivity contribution is 5.92. The molecule has 1 amide bonds. The molecule has 1 aliphatic heterocycles. The van der Waals surface area contributed by atoms with Crippen LogP contribution in [0, 0.1) is 6.92 Å². The van der Waals surface area contributed by atoms with Crippen molar-refractivity contribution in [2.75, 3.05) is 32.8 Å². The van der Waals surface area contributed by atoms with Crippen molar-refractivity contribution >= 4 is 5.91 Å². The van der Waals surface area contributed by atoms with E-state index in [0.717, 1.165) is 38.5 Å². The molecule has 0 spiro atoms. The minimum absolute atomic E-state index is 0.0775. The molecule has 1 aliphatic rings. The topological polar surface area (TPSA) is 67.4 Å². The molecule has 1 fully saturated rings. The maximum Gasteiger partial charge on any atom is 0.271 e. The van der Waals surface area contributed by atoms with E-state index in [1.54, 1.807) is 6.20 Å². The third-order valence-corrected chi connectivity index (χ3v) is 3.03. The SMILES string of the molecule is Cc1cnc(C(=O)N[C@H](C)CN2CCOCC2)cn1. The summed E-state index contributed by atoms with van der Waals surface area (Å²) in [7, 11) is 0. The van der Waals surface area contributed by atoms with Gasteiger partial charge in [0.2, 0.25) is 0 Å². The van der Waals surface area contributed by atoms with Gasteiger partial charge in [0, 0.05) is 31.9 Å². The number of aromatic nitrogens is 2. The van der Waals surface area contributed by atoms with Gasteiger partial charge in [0.1, 0.15) is 5.69 Å². The Hall–Kier alpha value is -1.53. The lowest BCUT2D eigenvalue weighted by Gasteiger charge is -2.29. The number of amides is 1. The van der Waals surface area contributed by atoms with Crippen LogP contribution in [0.3, 0.4) is 0 Å². The van der Waals surface area contributed by atoms with Gasteiger partial charge < -0.3 is 10.1 Å². The lowest BCUT2D eigenvalue weighted by Crippen LogP contribution is -2.46. The van der Waals surface area contributed by atoms with Crippen molar-refractivity contribution in [2.45, 2.75) is 19.9 Å². The highest BCUT2D eigenvalue weighted by Gasteiger charge is 2.16. The van der Waals surface area contributed by atoms with Crippen LogP contribution in [0.1, 0.15) is 23.1 Å². The van der Waals surface area contributed by atoms with Crippen LogP contribution in [0.5, 0.6) is 0 Å². The molecule has 104 valence electrons. The molecule has 1 aromatic heterocycles. The average molecular weight is 264 g/mol. The first-order chi connectivity index (χ1) is 9.15. The number of hydrogen-bond acceptors (Lipinski definition) is 5. The molecule has 0 unspecified atom stereocenters. The summed E-state index contributed by atoms with van der Waals surface area (Å²) < 4.78 is 5.30. The van der Waals surface area contributed by atoms with E-state index >= 15 is 0 Å². The number of aryl methyl sites for hydroxylation is 1. The standard InChI is InChI=1S/C13H20N4O2/c1-10-7-15-12(8-14-10)13(18)16-11(2)9-17-3-5-19-6-4-17/h7-8,11H,3-6,9H2,1-2H3,(H,16,18)/t11-/m1/s1. The molecule has 6 nitrogen and oxygen atoms in total. The Labute approximate surface area is 113 Å². The van der Waals surface area contributed by atoms with Crippen LogP contribution < -0.4 is 5.32 Å². The average Bonchev–Trinajstić information content (AvgIpc) is 2.40. The molecule has 1 aromatic rings. The number of nitrogens with zero attached hydrogens (tertiary/aromatic N) is 3. The van der Waals surface area contributed by atoms with Crippen LogP contribution in [0.2, 0.25) is 0 Å². The fraction of sp³-hybridized carbons (Fsp3) is 0.615. The van der Waals surface area contributed by atoms with Crippen molar-refractivity contribution < 1.29 is 9.53 Å². The predicted octanol–water partition coefficient (Wildman–Crippen LogP) is 0.236. The van der Waals surface area contributed by atoms with Crippen LogP contribution in [0.25, 0.3) is 0 Å². The van der Waals surface area contributed by atoms with Gasteiger partial charge in [-0.15, -0.1) is 0 Å². The minimum atomic E-state index is -0.173. The molecule has 6 heteroatoms. The van der Waals surface area contributed by atoms with Gasteiger partial charge >= 0.3 is 0 Å². The summed E-state index contributed by atoms with van der Waals surface area (Å²) in [6.45, 7) is 8.04. The summed E-state index contributed by atoms with van der Waals surface area (Å²) in [5, 5.41) is 2.94. The smallest absolute Gasteiger partial charge is 0.271 e. The van der Waals surface area contributed by atoms with Crippen LogP contribution in [-0.4, -0.2) is 59.7 Å². The summed E-state index contributed by atoms with van der Waals surface area (Å²) in [6.07, 6.45) is 3.10. The minimum Gasteiger partial charge on any atom is -0.379 e. The number of rotatable bonds is 4. The third kappa shape index (κ3) is 4.25. The fourth-order valence-corrected chi connectivity index (χ4v) is 2.02. The first-order valence-corrected chi connectivity index (χ1v) is 6.55. The van der Waals surface area contributed by atoms with Crippen LogP contribution in [0.4, 0.5) is 0 Å². The van der Waals surface area contributed by atoms with Crippen LogP contribution in [-0.2, 0) is 4.74 Å². The number of hydrogen-bond donors (Lipinski definition) is 1. The molecule has 0 saturated carbocycles. The van der Waals surface area contributed by atoms with Gasteiger partial charge in [-0.05, 0) is 13.8 Å². The molecule has 0 bridgehead atoms. The van der Waals surface area contributed by atoms with Gasteiger partial charge in [-0.2, -0.15) is 0 Å². The van der Waals surface area contributed by atoms with E-state index < -0.39 is 0 Å². The highest BCUT2D eigenvalue weighted by Crippen LogP contribution is 2.00. The summed E-state index contributed by atoms with van der Waals surface area (Å²) in [5.41, 5.74) is 1.16. The predicted molar refractivity (Wildman–Crippen MR) is 71.0 cm³/mol. The summed E-state index contributed by atoms with van der Waals surface area (Å²) >= 11 is 0. The van der Waals surface area contributed by atoms with Gasteiger partial charge in [-0.1, -0.05) is 0 Å². The second-order valence-electron chi connectivity index (χ2n) is 4.83. The van der Waals surface area contributed by atoms with Crippen LogP contribution >= 0.6 is 0 Å². The molecule has 2 rings (SSSR count). The lowest BCUT2D eigenvalue weighted by molar-refractivity contribution is 0.0342. The first-order valence-electron chi connectivity index (χ1n) is 6.55. The van der Waals surface area contributed by atoms with Crippen molar-refractivity contribution in [3.8, 4) is 0 Å². The number of nitrogens with one attached hydrogen (secondary N) is 1. The zero-order valence-electron chi connectivity index (χ0n) is 11.4. The molecule has 0 radical (unpaired) electrons. The molecule has 19 heavy (non-hydrogen) atoms. The lowest BCUT2D eigenvalue weighted by atomic mass is 10.2. The Kier molecular flexibility index (Phi) is 4.81. The largest absolute Gasteiger partial charge is 0.379 e. The van der Waals surface area contributed by atoms with Crippen molar-refractivity contribution in [3.63, 3.8) is 0 Å². The molecule has 2 heterocycles. The third-order valence-electron chi connectivity index (χ3n) is 3.03. The molecular formula is C13H20N4O2. The highest BCUT2D eigenvalue weighted by atomic mass is 16.5. The molecule has 0 aromatic carbocycles. The van der Waals surface area contributed by atoms with Crippen LogP contribution in [0.15, 0.2) is 12.4 Å². The van der Waals surface area contributed by atoms with Gasteiger partial charge in [0.25, 0.3) is 5.91 Å². The molecule has 0 aliphatic carbocycles. The van der Waals surface area contributed by atoms with E-state index in [0.29, 0.717) is 5.69 Å². The zero-order chi connectivity index (χ0) is 13.7. The Morgan fingerprint density at radius 2 is 2.16 bits per heavy atom. The van der Waals surface area contributed by atoms with E-state index in [4.69, 9.17) is 4.74 Å². The van der Waals surface area contributed by atoms with Crippen molar-refractivity contribution in [3.05, 3.63) is 23.8 Å². The number of carbonyl (C=O) groups excluding carboxylic acids is 1.